The van der Waals surface area contributed by atoms with Crippen molar-refractivity contribution in [3.63, 3.8) is 0 Å². The smallest absolute Gasteiger partial charge is 0.339 e. The molecule has 0 bridgehead atoms. The first-order valence-electron chi connectivity index (χ1n) is 7.28. The molecule has 2 aromatic heterocycles. The molecule has 0 saturated carbocycles. The van der Waals surface area contributed by atoms with E-state index in [1.54, 1.807) is 18.2 Å². The van der Waals surface area contributed by atoms with E-state index < -0.39 is 11.9 Å². The van der Waals surface area contributed by atoms with E-state index in [1.165, 1.54) is 41.1 Å². The van der Waals surface area contributed by atoms with Gasteiger partial charge in [0.05, 0.1) is 18.4 Å². The summed E-state index contributed by atoms with van der Waals surface area (Å²) in [6.07, 6.45) is 4.16. The number of rotatable bonds is 5. The van der Waals surface area contributed by atoms with Gasteiger partial charge in [0, 0.05) is 25.0 Å². The Morgan fingerprint density at radius 1 is 1.28 bits per heavy atom. The maximum atomic E-state index is 13.7. The summed E-state index contributed by atoms with van der Waals surface area (Å²) in [5.74, 6) is -2.25. The fraction of sp³-hybridized carbons (Fsp3) is 0.125. The van der Waals surface area contributed by atoms with Gasteiger partial charge in [-0.25, -0.2) is 9.18 Å². The second kappa shape index (κ2) is 6.56. The van der Waals surface area contributed by atoms with Crippen molar-refractivity contribution in [2.75, 3.05) is 5.32 Å². The van der Waals surface area contributed by atoms with Gasteiger partial charge >= 0.3 is 5.97 Å². The molecule has 2 heterocycles. The summed E-state index contributed by atoms with van der Waals surface area (Å²) in [6.45, 7) is 0.201. The zero-order chi connectivity index (χ0) is 18.0. The van der Waals surface area contributed by atoms with Crippen LogP contribution in [0.2, 0.25) is 0 Å². The Balaban J connectivity index is 1.74. The van der Waals surface area contributed by atoms with Crippen molar-refractivity contribution in [3.05, 3.63) is 65.5 Å². The number of aromatic carboxylic acids is 1. The van der Waals surface area contributed by atoms with Crippen molar-refractivity contribution in [1.29, 1.82) is 0 Å². The van der Waals surface area contributed by atoms with Crippen molar-refractivity contribution in [2.45, 2.75) is 6.54 Å². The van der Waals surface area contributed by atoms with E-state index in [9.17, 15) is 14.0 Å². The first-order valence-corrected chi connectivity index (χ1v) is 7.28. The number of benzene rings is 1. The van der Waals surface area contributed by atoms with Crippen LogP contribution in [0.15, 0.2) is 42.9 Å². The van der Waals surface area contributed by atoms with Gasteiger partial charge in [0.2, 0.25) is 0 Å². The van der Waals surface area contributed by atoms with Crippen molar-refractivity contribution >= 4 is 17.6 Å². The van der Waals surface area contributed by atoms with Crippen molar-refractivity contribution in [1.82, 2.24) is 19.6 Å². The van der Waals surface area contributed by atoms with Crippen LogP contribution in [0.3, 0.4) is 0 Å². The largest absolute Gasteiger partial charge is 0.478 e. The van der Waals surface area contributed by atoms with Gasteiger partial charge in [-0.2, -0.15) is 10.2 Å². The summed E-state index contributed by atoms with van der Waals surface area (Å²) in [6, 6.07) is 6.32. The van der Waals surface area contributed by atoms with E-state index in [2.05, 4.69) is 15.5 Å². The monoisotopic (exact) mass is 343 g/mol. The lowest BCUT2D eigenvalue weighted by atomic mass is 10.2. The summed E-state index contributed by atoms with van der Waals surface area (Å²) in [4.78, 5) is 23.4. The molecule has 0 aliphatic rings. The molecule has 128 valence electrons. The van der Waals surface area contributed by atoms with E-state index >= 15 is 0 Å². The van der Waals surface area contributed by atoms with Crippen LogP contribution >= 0.6 is 0 Å². The van der Waals surface area contributed by atoms with Crippen LogP contribution in [0, 0.1) is 5.82 Å². The molecule has 25 heavy (non-hydrogen) atoms. The van der Waals surface area contributed by atoms with E-state index in [4.69, 9.17) is 5.11 Å². The van der Waals surface area contributed by atoms with Crippen molar-refractivity contribution in [3.8, 4) is 0 Å². The van der Waals surface area contributed by atoms with E-state index in [-0.39, 0.29) is 23.6 Å². The maximum absolute atomic E-state index is 13.7. The molecule has 9 heteroatoms. The number of aromatic nitrogens is 4. The highest BCUT2D eigenvalue weighted by atomic mass is 19.1. The average Bonchev–Trinajstić information content (AvgIpc) is 3.16. The number of carbonyl (C=O) groups excluding carboxylic acids is 1. The molecule has 3 rings (SSSR count). The highest BCUT2D eigenvalue weighted by Crippen LogP contribution is 2.13. The van der Waals surface area contributed by atoms with Gasteiger partial charge in [-0.1, -0.05) is 18.2 Å². The quantitative estimate of drug-likeness (QED) is 0.735. The Morgan fingerprint density at radius 2 is 2.04 bits per heavy atom. The molecule has 0 aliphatic carbocycles. The van der Waals surface area contributed by atoms with Gasteiger partial charge in [-0.05, 0) is 6.07 Å². The first-order chi connectivity index (χ1) is 11.9. The molecule has 0 spiro atoms. The third kappa shape index (κ3) is 3.55. The summed E-state index contributed by atoms with van der Waals surface area (Å²) >= 11 is 0. The molecule has 0 radical (unpaired) electrons. The van der Waals surface area contributed by atoms with Gasteiger partial charge < -0.3 is 10.4 Å². The topological polar surface area (TPSA) is 102 Å². The molecule has 0 aliphatic heterocycles. The summed E-state index contributed by atoms with van der Waals surface area (Å²) in [5.41, 5.74) is 0.417. The minimum atomic E-state index is -1.24. The molecule has 1 amide bonds. The fourth-order valence-electron chi connectivity index (χ4n) is 2.32. The van der Waals surface area contributed by atoms with E-state index in [0.29, 0.717) is 11.3 Å². The van der Waals surface area contributed by atoms with Gasteiger partial charge in [0.1, 0.15) is 11.4 Å². The number of hydrogen-bond acceptors (Lipinski definition) is 4. The third-order valence-corrected chi connectivity index (χ3v) is 3.46. The Bertz CT molecular complexity index is 947. The highest BCUT2D eigenvalue weighted by Gasteiger charge is 2.21. The number of amides is 1. The minimum absolute atomic E-state index is 0.196. The minimum Gasteiger partial charge on any atom is -0.478 e. The maximum Gasteiger partial charge on any atom is 0.339 e. The number of nitrogens with zero attached hydrogens (tertiary/aromatic N) is 4. The molecule has 1 aromatic carbocycles. The molecule has 0 fully saturated rings. The number of hydrogen-bond donors (Lipinski definition) is 2. The second-order valence-corrected chi connectivity index (χ2v) is 5.34. The second-order valence-electron chi connectivity index (χ2n) is 5.34. The lowest BCUT2D eigenvalue weighted by Gasteiger charge is -2.03. The molecular weight excluding hydrogens is 329 g/mol. The van der Waals surface area contributed by atoms with Crippen LogP contribution in [0.5, 0.6) is 0 Å². The normalized spacial score (nSPS) is 10.6. The molecule has 8 nitrogen and oxygen atoms in total. The lowest BCUT2D eigenvalue weighted by molar-refractivity contribution is 0.0692. The van der Waals surface area contributed by atoms with Crippen molar-refractivity contribution < 1.29 is 19.1 Å². The zero-order valence-electron chi connectivity index (χ0n) is 13.2. The van der Waals surface area contributed by atoms with Gasteiger partial charge in [0.25, 0.3) is 5.91 Å². The molecule has 0 unspecified atom stereocenters. The predicted octanol–water partition coefficient (Wildman–Crippen LogP) is 1.75. The summed E-state index contributed by atoms with van der Waals surface area (Å²) in [5, 5.41) is 19.6. The highest BCUT2D eigenvalue weighted by molar-refractivity contribution is 6.09. The van der Waals surface area contributed by atoms with Crippen LogP contribution in [-0.2, 0) is 13.6 Å². The Kier molecular flexibility index (Phi) is 4.29. The van der Waals surface area contributed by atoms with Crippen LogP contribution in [0.25, 0.3) is 0 Å². The number of carboxylic acid groups (broad SMARTS) is 1. The van der Waals surface area contributed by atoms with Crippen LogP contribution in [0.1, 0.15) is 26.4 Å². The number of nitrogens with one attached hydrogen (secondary N) is 1. The Hall–Kier alpha value is -3.49. The molecule has 3 aromatic rings. The Morgan fingerprint density at radius 3 is 2.76 bits per heavy atom. The molecule has 2 N–H and O–H groups in total. The van der Waals surface area contributed by atoms with Gasteiger partial charge in [0.15, 0.2) is 5.69 Å². The third-order valence-electron chi connectivity index (χ3n) is 3.46. The number of aryl methyl sites for hydroxylation is 1. The Labute approximate surface area is 141 Å². The predicted molar refractivity (Wildman–Crippen MR) is 85.8 cm³/mol. The number of halogens is 1. The van der Waals surface area contributed by atoms with Crippen LogP contribution < -0.4 is 5.32 Å². The lowest BCUT2D eigenvalue weighted by Crippen LogP contribution is -2.16. The zero-order valence-corrected chi connectivity index (χ0v) is 13.2. The fourth-order valence-corrected chi connectivity index (χ4v) is 2.32. The van der Waals surface area contributed by atoms with E-state index in [1.807, 2.05) is 0 Å². The molecule has 0 saturated heterocycles. The van der Waals surface area contributed by atoms with Crippen molar-refractivity contribution in [2.24, 2.45) is 7.05 Å². The average molecular weight is 343 g/mol. The van der Waals surface area contributed by atoms with Crippen LogP contribution in [0.4, 0.5) is 10.1 Å². The first kappa shape index (κ1) is 16.4. The van der Waals surface area contributed by atoms with E-state index in [0.717, 1.165) is 0 Å². The number of anilines is 1. The molecule has 0 atom stereocenters. The van der Waals surface area contributed by atoms with Crippen LogP contribution in [-0.4, -0.2) is 36.5 Å². The van der Waals surface area contributed by atoms with Gasteiger partial charge in [-0.15, -0.1) is 0 Å². The standard InChI is InChI=1S/C16H14FN5O3/c1-21-9-12(16(24)25)14(20-21)15(23)19-11-6-18-22(8-11)7-10-4-2-3-5-13(10)17/h2-6,8-9H,7H2,1H3,(H,19,23)(H,24,25). The van der Waals surface area contributed by atoms with Gasteiger partial charge in [-0.3, -0.25) is 14.2 Å². The number of carboxylic acids is 1. The molecular formula is C16H14FN5O3. The summed E-state index contributed by atoms with van der Waals surface area (Å²) < 4.78 is 16.4. The summed E-state index contributed by atoms with van der Waals surface area (Å²) in [7, 11) is 1.52. The SMILES string of the molecule is Cn1cc(C(=O)O)c(C(=O)Nc2cnn(Cc3ccccc3F)c2)n1. The number of carbonyl (C=O) groups is 2.